The van der Waals surface area contributed by atoms with Crippen LogP contribution in [0.3, 0.4) is 0 Å². The Labute approximate surface area is 601 Å². The molecular weight excluding hydrogens is 1290 g/mol. The van der Waals surface area contributed by atoms with Gasteiger partial charge in [0.1, 0.15) is 23.3 Å². The number of fused-ring (bicyclic) bond motifs is 8. The number of nitrogens with one attached hydrogen (secondary N) is 2. The van der Waals surface area contributed by atoms with Crippen molar-refractivity contribution in [3.05, 3.63) is 384 Å². The van der Waals surface area contributed by atoms with Crippen molar-refractivity contribution < 1.29 is 17.6 Å². The summed E-state index contributed by atoms with van der Waals surface area (Å²) in [5.74, 6) is -1.58. The molecule has 0 aliphatic carbocycles. The Balaban J connectivity index is 1.08. The van der Waals surface area contributed by atoms with E-state index in [0.29, 0.717) is 89.4 Å². The average molecular weight is 1350 g/mol. The first-order valence-electron chi connectivity index (χ1n) is 34.9. The van der Waals surface area contributed by atoms with Crippen molar-refractivity contribution in [1.82, 2.24) is 19.9 Å². The molecule has 15 aromatic rings. The van der Waals surface area contributed by atoms with Gasteiger partial charge in [0.15, 0.2) is 0 Å². The number of allylic oxidation sites excluding steroid dienone is 2. The third-order valence-electron chi connectivity index (χ3n) is 20.4. The van der Waals surface area contributed by atoms with Crippen LogP contribution in [-0.2, 0) is 0 Å². The molecule has 4 nitrogen and oxygen atoms in total. The minimum Gasteiger partial charge on any atom is -0.355 e. The summed E-state index contributed by atoms with van der Waals surface area (Å²) in [6, 6.07) is 101. The quantitative estimate of drug-likeness (QED) is 0.120. The standard InChI is InChI=1S/C96H66F4N4/c1-57-81-53-86-90(94-75(63-33-17-7-18-34-63)47-70(98)48-76(94)64-35-19-8-20-36-64)59(3)83(102-86)55-88-92(96-79(67-41-25-11-26-42-67)51-72(100)52-80(96)68-43-27-12-28-44-68)60(4)84(104-88)56-87-91(95-77(65-37-21-9-22-38-65)49-71(99)50-78(95)66-39-23-10-24-40-66)58(2)82(103-87)54-85(101-81)89(57)93-73(61-29-13-5-14-30-61)45-69(97)46-74(93)62-31-15-6-16-32-62/h5-56,101,104H,1-4H3. The van der Waals surface area contributed by atoms with Crippen LogP contribution in [0.2, 0.25) is 0 Å². The highest BCUT2D eigenvalue weighted by Crippen LogP contribution is 2.52. The summed E-state index contributed by atoms with van der Waals surface area (Å²) < 4.78 is 67.7. The maximum Gasteiger partial charge on any atom is 0.124 e. The van der Waals surface area contributed by atoms with Crippen molar-refractivity contribution in [2.45, 2.75) is 27.7 Å². The minimum absolute atomic E-state index is 0.394. The van der Waals surface area contributed by atoms with E-state index >= 15 is 17.6 Å². The molecule has 12 aromatic carbocycles. The average Bonchev–Trinajstić information content (AvgIpc) is 1.60. The molecule has 2 N–H and O–H groups in total. The van der Waals surface area contributed by atoms with Crippen LogP contribution in [-0.4, -0.2) is 19.9 Å². The molecular formula is C96H66F4N4. The maximum absolute atomic E-state index is 16.9. The van der Waals surface area contributed by atoms with Crippen LogP contribution in [0.4, 0.5) is 17.6 Å². The minimum atomic E-state index is -0.396. The van der Waals surface area contributed by atoms with Crippen LogP contribution in [0.25, 0.3) is 156 Å². The van der Waals surface area contributed by atoms with Crippen LogP contribution in [0.1, 0.15) is 58.9 Å². The lowest BCUT2D eigenvalue weighted by Gasteiger charge is -2.19. The zero-order valence-corrected chi connectivity index (χ0v) is 57.4. The second kappa shape index (κ2) is 26.8. The molecule has 498 valence electrons. The number of aromatic nitrogens is 4. The zero-order chi connectivity index (χ0) is 70.7. The van der Waals surface area contributed by atoms with Crippen molar-refractivity contribution in [2.75, 3.05) is 0 Å². The summed E-state index contributed by atoms with van der Waals surface area (Å²) in [6.45, 7) is 8.37. The molecule has 8 bridgehead atoms. The second-order valence-corrected chi connectivity index (χ2v) is 26.7. The van der Waals surface area contributed by atoms with Gasteiger partial charge in [0, 0.05) is 55.5 Å². The maximum atomic E-state index is 16.9. The molecule has 104 heavy (non-hydrogen) atoms. The Bertz CT molecular complexity index is 5510. The Morgan fingerprint density at radius 1 is 0.212 bits per heavy atom. The Hall–Kier alpha value is -13.0. The smallest absolute Gasteiger partial charge is 0.124 e. The topological polar surface area (TPSA) is 57.4 Å². The number of halogens is 4. The fourth-order valence-electron chi connectivity index (χ4n) is 15.5. The number of aryl methyl sites for hydroxylation is 2. The number of benzene rings is 12. The molecule has 2 aliphatic heterocycles. The van der Waals surface area contributed by atoms with Crippen molar-refractivity contribution in [3.63, 3.8) is 0 Å². The van der Waals surface area contributed by atoms with Crippen molar-refractivity contribution >= 4 is 44.4 Å². The molecule has 5 heterocycles. The van der Waals surface area contributed by atoms with Gasteiger partial charge >= 0.3 is 0 Å². The molecule has 0 saturated heterocycles. The summed E-state index contributed by atoms with van der Waals surface area (Å²) >= 11 is 0. The molecule has 0 atom stereocenters. The lowest BCUT2D eigenvalue weighted by atomic mass is 9.84. The lowest BCUT2D eigenvalue weighted by Crippen LogP contribution is -1.98. The highest BCUT2D eigenvalue weighted by molar-refractivity contribution is 6.12. The Kier molecular flexibility index (Phi) is 16.6. The van der Waals surface area contributed by atoms with Gasteiger partial charge in [-0.05, 0) is 223 Å². The largest absolute Gasteiger partial charge is 0.355 e. The fourth-order valence-corrected chi connectivity index (χ4v) is 15.5. The van der Waals surface area contributed by atoms with Crippen LogP contribution in [0.5, 0.6) is 0 Å². The van der Waals surface area contributed by atoms with Gasteiger partial charge in [0.25, 0.3) is 0 Å². The van der Waals surface area contributed by atoms with E-state index in [1.54, 1.807) is 48.5 Å². The van der Waals surface area contributed by atoms with Gasteiger partial charge in [-0.1, -0.05) is 243 Å². The fraction of sp³-hybridized carbons (Fsp3) is 0.0417. The van der Waals surface area contributed by atoms with E-state index in [1.807, 2.05) is 243 Å². The summed E-state index contributed by atoms with van der Waals surface area (Å²) in [7, 11) is 0. The van der Waals surface area contributed by atoms with Gasteiger partial charge in [-0.25, -0.2) is 27.5 Å². The number of nitrogens with zero attached hydrogens (tertiary/aromatic N) is 2. The molecule has 0 saturated carbocycles. The third kappa shape index (κ3) is 11.7. The van der Waals surface area contributed by atoms with Crippen molar-refractivity contribution in [1.29, 1.82) is 0 Å². The highest BCUT2D eigenvalue weighted by atomic mass is 19.1. The number of aromatic amines is 2. The summed E-state index contributed by atoms with van der Waals surface area (Å²) in [5.41, 5.74) is 26.7. The zero-order valence-electron chi connectivity index (χ0n) is 57.4. The second-order valence-electron chi connectivity index (χ2n) is 26.7. The number of H-pyrrole nitrogens is 2. The number of hydrogen-bond donors (Lipinski definition) is 2. The third-order valence-corrected chi connectivity index (χ3v) is 20.4. The van der Waals surface area contributed by atoms with E-state index in [1.165, 1.54) is 0 Å². The molecule has 8 heteroatoms. The Morgan fingerprint density at radius 3 is 0.615 bits per heavy atom. The van der Waals surface area contributed by atoms with E-state index < -0.39 is 23.3 Å². The van der Waals surface area contributed by atoms with Gasteiger partial charge in [-0.3, -0.25) is 0 Å². The van der Waals surface area contributed by atoms with E-state index in [-0.39, 0.29) is 0 Å². The molecule has 17 rings (SSSR count). The summed E-state index contributed by atoms with van der Waals surface area (Å²) in [4.78, 5) is 19.7. The SMILES string of the molecule is CC1=C(c2c(-c3ccccc3)cc(F)cc2-c2ccccc2)c2cc3[nH]c(cc4nc(cc5[nH]c(cc1n2)c(-c1c(-c2ccccc2)cc(F)cc1-c1ccccc1)c5C)C(c1c(-c2ccccc2)cc(F)cc1-c1ccccc1)=C4C)c(-c1c(-c2ccccc2)cc(F)cc1-c1ccccc1)c3C. The van der Waals surface area contributed by atoms with Gasteiger partial charge in [0.2, 0.25) is 0 Å². The van der Waals surface area contributed by atoms with Gasteiger partial charge in [-0.2, -0.15) is 0 Å². The predicted molar refractivity (Wildman–Crippen MR) is 421 cm³/mol. The van der Waals surface area contributed by atoms with Crippen molar-refractivity contribution in [3.8, 4) is 111 Å². The molecule has 0 fully saturated rings. The monoisotopic (exact) mass is 1350 g/mol. The van der Waals surface area contributed by atoms with Gasteiger partial charge in [-0.15, -0.1) is 0 Å². The molecule has 3 aromatic heterocycles. The first-order chi connectivity index (χ1) is 50.9. The van der Waals surface area contributed by atoms with Crippen LogP contribution < -0.4 is 0 Å². The number of rotatable bonds is 12. The van der Waals surface area contributed by atoms with E-state index in [2.05, 4.69) is 61.9 Å². The Morgan fingerprint density at radius 2 is 0.404 bits per heavy atom. The molecule has 0 radical (unpaired) electrons. The van der Waals surface area contributed by atoms with Crippen molar-refractivity contribution in [2.24, 2.45) is 0 Å². The highest BCUT2D eigenvalue weighted by Gasteiger charge is 2.32. The molecule has 2 aliphatic rings. The first-order valence-corrected chi connectivity index (χ1v) is 34.9. The lowest BCUT2D eigenvalue weighted by molar-refractivity contribution is 0.628. The molecule has 0 spiro atoms. The van der Waals surface area contributed by atoms with Crippen LogP contribution in [0.15, 0.2) is 315 Å². The van der Waals surface area contributed by atoms with E-state index in [4.69, 9.17) is 9.97 Å². The van der Waals surface area contributed by atoms with E-state index in [0.717, 1.165) is 111 Å². The van der Waals surface area contributed by atoms with Gasteiger partial charge in [0.05, 0.1) is 22.8 Å². The van der Waals surface area contributed by atoms with Crippen LogP contribution >= 0.6 is 0 Å². The molecule has 0 amide bonds. The molecule has 0 unspecified atom stereocenters. The van der Waals surface area contributed by atoms with Crippen LogP contribution in [0, 0.1) is 37.1 Å². The normalized spacial score (nSPS) is 12.2. The van der Waals surface area contributed by atoms with Gasteiger partial charge < -0.3 is 9.97 Å². The summed E-state index contributed by atoms with van der Waals surface area (Å²) in [6.07, 6.45) is 0. The van der Waals surface area contributed by atoms with E-state index in [9.17, 15) is 0 Å². The summed E-state index contributed by atoms with van der Waals surface area (Å²) in [5, 5.41) is 0. The number of hydrogen-bond acceptors (Lipinski definition) is 2. The predicted octanol–water partition coefficient (Wildman–Crippen LogP) is 26.1. The first kappa shape index (κ1) is 64.3.